The number of benzene rings is 1. The van der Waals surface area contributed by atoms with E-state index in [0.717, 1.165) is 12.8 Å². The van der Waals surface area contributed by atoms with Gasteiger partial charge >= 0.3 is 6.03 Å². The fourth-order valence-electron chi connectivity index (χ4n) is 2.19. The van der Waals surface area contributed by atoms with Crippen LogP contribution in [0.3, 0.4) is 0 Å². The topological polar surface area (TPSA) is 52.6 Å². The summed E-state index contributed by atoms with van der Waals surface area (Å²) in [5.74, 6) is -0.263. The van der Waals surface area contributed by atoms with E-state index in [4.69, 9.17) is 5.11 Å². The SMILES string of the molecule is O=C(Nc1cc(F)ccc1Br)N1CCCC(CO)C1. The summed E-state index contributed by atoms with van der Waals surface area (Å²) in [6.07, 6.45) is 1.81. The van der Waals surface area contributed by atoms with Crippen LogP contribution >= 0.6 is 15.9 Å². The lowest BCUT2D eigenvalue weighted by Crippen LogP contribution is -2.43. The van der Waals surface area contributed by atoms with Gasteiger partial charge in [0, 0.05) is 24.2 Å². The molecule has 1 fully saturated rings. The molecule has 2 amide bonds. The molecule has 0 aromatic heterocycles. The molecule has 0 aliphatic carbocycles. The molecule has 1 aliphatic rings. The second kappa shape index (κ2) is 6.34. The number of amides is 2. The molecule has 0 spiro atoms. The molecular weight excluding hydrogens is 315 g/mol. The van der Waals surface area contributed by atoms with Gasteiger partial charge in [0.05, 0.1) is 5.69 Å². The van der Waals surface area contributed by atoms with Crippen molar-refractivity contribution in [3.8, 4) is 0 Å². The van der Waals surface area contributed by atoms with Crippen molar-refractivity contribution in [2.45, 2.75) is 12.8 Å². The number of rotatable bonds is 2. The van der Waals surface area contributed by atoms with Gasteiger partial charge in [-0.05, 0) is 52.9 Å². The molecule has 1 aliphatic heterocycles. The number of carbonyl (C=O) groups excluding carboxylic acids is 1. The molecule has 1 atom stereocenters. The molecular formula is C13H16BrFN2O2. The number of nitrogens with zero attached hydrogens (tertiary/aromatic N) is 1. The summed E-state index contributed by atoms with van der Waals surface area (Å²) in [5, 5.41) is 11.8. The normalized spacial score (nSPS) is 19.3. The summed E-state index contributed by atoms with van der Waals surface area (Å²) in [6.45, 7) is 1.29. The first-order valence-corrected chi connectivity index (χ1v) is 7.01. The first-order valence-electron chi connectivity index (χ1n) is 6.22. The van der Waals surface area contributed by atoms with Crippen molar-refractivity contribution < 1.29 is 14.3 Å². The molecule has 2 N–H and O–H groups in total. The molecule has 0 radical (unpaired) electrons. The highest BCUT2D eigenvalue weighted by molar-refractivity contribution is 9.10. The van der Waals surface area contributed by atoms with Crippen LogP contribution in [-0.4, -0.2) is 35.7 Å². The molecule has 0 saturated carbocycles. The number of nitrogens with one attached hydrogen (secondary N) is 1. The number of halogens is 2. The summed E-state index contributed by atoms with van der Waals surface area (Å²) >= 11 is 3.27. The van der Waals surface area contributed by atoms with Gasteiger partial charge in [0.2, 0.25) is 0 Å². The van der Waals surface area contributed by atoms with Gasteiger partial charge < -0.3 is 15.3 Å². The first-order chi connectivity index (χ1) is 9.10. The maximum atomic E-state index is 13.1. The Bertz CT molecular complexity index is 470. The summed E-state index contributed by atoms with van der Waals surface area (Å²) in [5.41, 5.74) is 0.413. The van der Waals surface area contributed by atoms with E-state index in [1.807, 2.05) is 0 Å². The van der Waals surface area contributed by atoms with Crippen molar-refractivity contribution in [2.75, 3.05) is 25.0 Å². The second-order valence-electron chi connectivity index (χ2n) is 4.69. The molecule has 1 unspecified atom stereocenters. The number of anilines is 1. The van der Waals surface area contributed by atoms with Crippen molar-refractivity contribution in [3.63, 3.8) is 0 Å². The van der Waals surface area contributed by atoms with Crippen LogP contribution in [0.4, 0.5) is 14.9 Å². The third-order valence-electron chi connectivity index (χ3n) is 3.23. The molecule has 1 aromatic rings. The quantitative estimate of drug-likeness (QED) is 0.876. The average molecular weight is 331 g/mol. The summed E-state index contributed by atoms with van der Waals surface area (Å²) in [7, 11) is 0. The highest BCUT2D eigenvalue weighted by atomic mass is 79.9. The average Bonchev–Trinajstić information content (AvgIpc) is 2.43. The Hall–Kier alpha value is -1.14. The van der Waals surface area contributed by atoms with Crippen molar-refractivity contribution in [2.24, 2.45) is 5.92 Å². The van der Waals surface area contributed by atoms with Gasteiger partial charge in [0.15, 0.2) is 0 Å². The standard InChI is InChI=1S/C13H16BrFN2O2/c14-11-4-3-10(15)6-12(11)16-13(19)17-5-1-2-9(7-17)8-18/h3-4,6,9,18H,1-2,5,7-8H2,(H,16,19). The Labute approximate surface area is 119 Å². The van der Waals surface area contributed by atoms with Crippen LogP contribution in [-0.2, 0) is 0 Å². The van der Waals surface area contributed by atoms with Crippen LogP contribution in [0.2, 0.25) is 0 Å². The van der Waals surface area contributed by atoms with Crippen LogP contribution in [0.5, 0.6) is 0 Å². The lowest BCUT2D eigenvalue weighted by molar-refractivity contribution is 0.136. The Morgan fingerprint density at radius 1 is 1.58 bits per heavy atom. The third-order valence-corrected chi connectivity index (χ3v) is 3.93. The molecule has 1 saturated heterocycles. The molecule has 1 aromatic carbocycles. The van der Waals surface area contributed by atoms with E-state index in [2.05, 4.69) is 21.2 Å². The van der Waals surface area contributed by atoms with Gasteiger partial charge in [-0.3, -0.25) is 0 Å². The molecule has 0 bridgehead atoms. The van der Waals surface area contributed by atoms with E-state index < -0.39 is 5.82 Å². The van der Waals surface area contributed by atoms with Gasteiger partial charge in [-0.2, -0.15) is 0 Å². The number of hydrogen-bond acceptors (Lipinski definition) is 2. The van der Waals surface area contributed by atoms with Gasteiger partial charge in [0.25, 0.3) is 0 Å². The van der Waals surface area contributed by atoms with Crippen molar-refractivity contribution in [3.05, 3.63) is 28.5 Å². The summed E-state index contributed by atoms with van der Waals surface area (Å²) < 4.78 is 13.8. The minimum absolute atomic E-state index is 0.0907. The lowest BCUT2D eigenvalue weighted by atomic mass is 9.99. The predicted octanol–water partition coefficient (Wildman–Crippen LogP) is 2.82. The zero-order valence-electron chi connectivity index (χ0n) is 10.4. The van der Waals surface area contributed by atoms with Gasteiger partial charge in [0.1, 0.15) is 5.82 Å². The van der Waals surface area contributed by atoms with Crippen LogP contribution in [0, 0.1) is 11.7 Å². The number of carbonyl (C=O) groups is 1. The third kappa shape index (κ3) is 3.67. The molecule has 104 valence electrons. The highest BCUT2D eigenvalue weighted by Crippen LogP contribution is 2.24. The number of aliphatic hydroxyl groups excluding tert-OH is 1. The minimum atomic E-state index is -0.398. The number of urea groups is 1. The maximum Gasteiger partial charge on any atom is 0.321 e. The minimum Gasteiger partial charge on any atom is -0.396 e. The number of aliphatic hydroxyl groups is 1. The Kier molecular flexibility index (Phi) is 4.76. The smallest absolute Gasteiger partial charge is 0.321 e. The van der Waals surface area contributed by atoms with E-state index in [1.54, 1.807) is 11.0 Å². The molecule has 1 heterocycles. The zero-order chi connectivity index (χ0) is 13.8. The van der Waals surface area contributed by atoms with Crippen LogP contribution < -0.4 is 5.32 Å². The van der Waals surface area contributed by atoms with Gasteiger partial charge in [-0.25, -0.2) is 9.18 Å². The van der Waals surface area contributed by atoms with Gasteiger partial charge in [-0.15, -0.1) is 0 Å². The Morgan fingerprint density at radius 3 is 3.11 bits per heavy atom. The predicted molar refractivity (Wildman–Crippen MR) is 74.5 cm³/mol. The Balaban J connectivity index is 2.02. The van der Waals surface area contributed by atoms with Crippen molar-refractivity contribution in [1.82, 2.24) is 4.90 Å². The number of likely N-dealkylation sites (tertiary alicyclic amines) is 1. The van der Waals surface area contributed by atoms with E-state index >= 15 is 0 Å². The molecule has 4 nitrogen and oxygen atoms in total. The fraction of sp³-hybridized carbons (Fsp3) is 0.462. The van der Waals surface area contributed by atoms with Crippen molar-refractivity contribution in [1.29, 1.82) is 0 Å². The van der Waals surface area contributed by atoms with Crippen LogP contribution in [0.1, 0.15) is 12.8 Å². The van der Waals surface area contributed by atoms with E-state index in [0.29, 0.717) is 23.2 Å². The molecule has 19 heavy (non-hydrogen) atoms. The fourth-order valence-corrected chi connectivity index (χ4v) is 2.53. The van der Waals surface area contributed by atoms with Gasteiger partial charge in [-0.1, -0.05) is 0 Å². The monoisotopic (exact) mass is 330 g/mol. The summed E-state index contributed by atoms with van der Waals surface area (Å²) in [4.78, 5) is 13.7. The first kappa shape index (κ1) is 14.3. The van der Waals surface area contributed by atoms with E-state index in [9.17, 15) is 9.18 Å². The largest absolute Gasteiger partial charge is 0.396 e. The zero-order valence-corrected chi connectivity index (χ0v) is 12.0. The number of piperidine rings is 1. The Morgan fingerprint density at radius 2 is 2.37 bits per heavy atom. The second-order valence-corrected chi connectivity index (χ2v) is 5.55. The maximum absolute atomic E-state index is 13.1. The van der Waals surface area contributed by atoms with Crippen LogP contribution in [0.15, 0.2) is 22.7 Å². The number of hydrogen-bond donors (Lipinski definition) is 2. The molecule has 6 heteroatoms. The van der Waals surface area contributed by atoms with E-state index in [-0.39, 0.29) is 18.6 Å². The van der Waals surface area contributed by atoms with Crippen LogP contribution in [0.25, 0.3) is 0 Å². The van der Waals surface area contributed by atoms with Crippen molar-refractivity contribution >= 4 is 27.6 Å². The highest BCUT2D eigenvalue weighted by Gasteiger charge is 2.23. The molecule has 2 rings (SSSR count). The van der Waals surface area contributed by atoms with E-state index in [1.165, 1.54) is 12.1 Å². The summed E-state index contributed by atoms with van der Waals surface area (Å²) in [6, 6.07) is 3.89. The lowest BCUT2D eigenvalue weighted by Gasteiger charge is -2.31.